The van der Waals surface area contributed by atoms with Gasteiger partial charge in [-0.25, -0.2) is 23.5 Å². The van der Waals surface area contributed by atoms with Crippen LogP contribution in [0.25, 0.3) is 17.1 Å². The molecule has 0 aliphatic heterocycles. The number of alkyl halides is 4. The summed E-state index contributed by atoms with van der Waals surface area (Å²) in [6.07, 6.45) is -7.19. The summed E-state index contributed by atoms with van der Waals surface area (Å²) in [6.45, 7) is 0.370. The van der Waals surface area contributed by atoms with Gasteiger partial charge in [0.25, 0.3) is 0 Å². The molecule has 0 radical (unpaired) electrons. The third kappa shape index (κ3) is 5.73. The van der Waals surface area contributed by atoms with Crippen molar-refractivity contribution in [3.8, 4) is 17.1 Å². The summed E-state index contributed by atoms with van der Waals surface area (Å²) in [5.41, 5.74) is 0.0803. The Kier molecular flexibility index (Phi) is 7.00. The van der Waals surface area contributed by atoms with Gasteiger partial charge in [-0.05, 0) is 49.4 Å². The number of nitrogens with zero attached hydrogens (tertiary/aromatic N) is 6. The molecule has 2 aromatic carbocycles. The van der Waals surface area contributed by atoms with Crippen molar-refractivity contribution in [2.45, 2.75) is 38.8 Å². The van der Waals surface area contributed by atoms with Crippen molar-refractivity contribution in [1.29, 1.82) is 0 Å². The van der Waals surface area contributed by atoms with Gasteiger partial charge in [0.2, 0.25) is 0 Å². The van der Waals surface area contributed by atoms with Crippen molar-refractivity contribution in [3.63, 3.8) is 0 Å². The van der Waals surface area contributed by atoms with Crippen LogP contribution in [0.1, 0.15) is 31.2 Å². The summed E-state index contributed by atoms with van der Waals surface area (Å²) in [5.74, 6) is 0.0590. The maximum absolute atomic E-state index is 14.3. The summed E-state index contributed by atoms with van der Waals surface area (Å²) in [5, 5.41) is 9.34. The highest BCUT2D eigenvalue weighted by molar-refractivity contribution is 6.31. The van der Waals surface area contributed by atoms with Crippen LogP contribution < -0.4 is 5.69 Å². The number of aromatic nitrogens is 6. The van der Waals surface area contributed by atoms with Crippen LogP contribution in [-0.4, -0.2) is 35.3 Å². The number of hydrogen-bond donors (Lipinski definition) is 0. The molecule has 0 fully saturated rings. The first-order valence-corrected chi connectivity index (χ1v) is 11.1. The molecule has 0 N–H and O–H groups in total. The molecule has 0 aliphatic carbocycles. The highest BCUT2D eigenvalue weighted by Crippen LogP contribution is 2.24. The average Bonchev–Trinajstić information content (AvgIpc) is 3.34. The van der Waals surface area contributed by atoms with Crippen LogP contribution in [0.4, 0.5) is 17.6 Å². The second-order valence-electron chi connectivity index (χ2n) is 7.68. The van der Waals surface area contributed by atoms with Crippen LogP contribution in [0.2, 0.25) is 10.0 Å². The van der Waals surface area contributed by atoms with Crippen LogP contribution in [-0.2, 0) is 13.1 Å². The van der Waals surface area contributed by atoms with Gasteiger partial charge < -0.3 is 0 Å². The molecular weight excluding hydrogens is 511 g/mol. The largest absolute Gasteiger partial charge is 0.390 e. The molecule has 0 bridgehead atoms. The zero-order valence-corrected chi connectivity index (χ0v) is 19.7. The van der Waals surface area contributed by atoms with Crippen molar-refractivity contribution in [2.75, 3.05) is 0 Å². The number of halogens is 6. The third-order valence-electron chi connectivity index (χ3n) is 5.02. The minimum absolute atomic E-state index is 0.0234. The van der Waals surface area contributed by atoms with Gasteiger partial charge in [-0.2, -0.15) is 13.2 Å². The topological polar surface area (TPSA) is 70.5 Å². The fraction of sp³-hybridized carbons (Fsp3) is 0.273. The van der Waals surface area contributed by atoms with Gasteiger partial charge in [0.1, 0.15) is 6.54 Å². The monoisotopic (exact) mass is 528 g/mol. The lowest BCUT2D eigenvalue weighted by Gasteiger charge is -2.08. The fourth-order valence-corrected chi connectivity index (χ4v) is 3.73. The molecule has 0 amide bonds. The van der Waals surface area contributed by atoms with Crippen LogP contribution in [0.5, 0.6) is 0 Å². The molecule has 1 atom stereocenters. The highest BCUT2D eigenvalue weighted by atomic mass is 35.5. The van der Waals surface area contributed by atoms with E-state index in [1.807, 2.05) is 0 Å². The van der Waals surface area contributed by atoms with Gasteiger partial charge in [-0.3, -0.25) is 4.57 Å². The molecule has 0 spiro atoms. The second kappa shape index (κ2) is 9.82. The van der Waals surface area contributed by atoms with E-state index < -0.39 is 31.0 Å². The van der Waals surface area contributed by atoms with Gasteiger partial charge in [0.15, 0.2) is 23.6 Å². The molecule has 184 valence electrons. The van der Waals surface area contributed by atoms with E-state index >= 15 is 0 Å². The lowest BCUT2D eigenvalue weighted by Crippen LogP contribution is -2.27. The van der Waals surface area contributed by atoms with Crippen molar-refractivity contribution in [2.24, 2.45) is 0 Å². The Morgan fingerprint density at radius 2 is 1.74 bits per heavy atom. The Morgan fingerprint density at radius 3 is 2.37 bits per heavy atom. The van der Waals surface area contributed by atoms with Gasteiger partial charge in [-0.1, -0.05) is 29.3 Å². The number of rotatable bonds is 7. The average molecular weight is 529 g/mol. The van der Waals surface area contributed by atoms with Crippen molar-refractivity contribution >= 4 is 23.2 Å². The Labute approximate surface area is 206 Å². The van der Waals surface area contributed by atoms with E-state index in [1.54, 1.807) is 36.4 Å². The normalized spacial score (nSPS) is 12.8. The lowest BCUT2D eigenvalue weighted by atomic mass is 10.2. The van der Waals surface area contributed by atoms with Gasteiger partial charge in [0, 0.05) is 22.2 Å². The van der Waals surface area contributed by atoms with Crippen molar-refractivity contribution < 1.29 is 17.6 Å². The number of benzene rings is 2. The first-order chi connectivity index (χ1) is 16.5. The predicted octanol–water partition coefficient (Wildman–Crippen LogP) is 5.63. The first-order valence-electron chi connectivity index (χ1n) is 10.4. The smallest absolute Gasteiger partial charge is 0.275 e. The molecule has 0 saturated heterocycles. The fourth-order valence-electron chi connectivity index (χ4n) is 3.42. The highest BCUT2D eigenvalue weighted by Gasteiger charge is 2.29. The van der Waals surface area contributed by atoms with E-state index in [-0.39, 0.29) is 24.0 Å². The summed E-state index contributed by atoms with van der Waals surface area (Å²) in [7, 11) is 0. The Bertz CT molecular complexity index is 1390. The van der Waals surface area contributed by atoms with Crippen LogP contribution in [0.3, 0.4) is 0 Å². The van der Waals surface area contributed by atoms with Gasteiger partial charge >= 0.3 is 11.9 Å². The van der Waals surface area contributed by atoms with Gasteiger partial charge in [0.05, 0.1) is 12.1 Å². The third-order valence-corrected chi connectivity index (χ3v) is 5.51. The standard InChI is InChI=1S/C22H18Cl2F4N6O/c1-13(25)19-29-18(30-34(19)17-4-2-3-16(24)11-17)12-33-21(35)32(10-9-22(26,27)28)20(31-33)14-5-7-15(23)8-6-14/h2-8,11,13H,9-10,12H2,1H3. The molecule has 1 unspecified atom stereocenters. The van der Waals surface area contributed by atoms with E-state index in [9.17, 15) is 22.4 Å². The molecule has 4 aromatic rings. The Morgan fingerprint density at radius 1 is 1.03 bits per heavy atom. The molecule has 2 heterocycles. The molecule has 35 heavy (non-hydrogen) atoms. The molecule has 2 aromatic heterocycles. The van der Waals surface area contributed by atoms with Crippen LogP contribution in [0.15, 0.2) is 53.3 Å². The van der Waals surface area contributed by atoms with E-state index in [0.717, 1.165) is 9.25 Å². The molecule has 13 heteroatoms. The second-order valence-corrected chi connectivity index (χ2v) is 8.55. The molecule has 7 nitrogen and oxygen atoms in total. The van der Waals surface area contributed by atoms with Crippen molar-refractivity contribution in [1.82, 2.24) is 29.1 Å². The van der Waals surface area contributed by atoms with E-state index in [0.29, 0.717) is 21.3 Å². The zero-order valence-electron chi connectivity index (χ0n) is 18.2. The summed E-state index contributed by atoms with van der Waals surface area (Å²) in [6, 6.07) is 12.7. The minimum Gasteiger partial charge on any atom is -0.275 e. The first kappa shape index (κ1) is 24.9. The maximum atomic E-state index is 14.3. The van der Waals surface area contributed by atoms with Crippen molar-refractivity contribution in [3.05, 3.63) is 80.7 Å². The lowest BCUT2D eigenvalue weighted by molar-refractivity contribution is -0.136. The van der Waals surface area contributed by atoms with Gasteiger partial charge in [-0.15, -0.1) is 10.2 Å². The van der Waals surface area contributed by atoms with E-state index in [1.165, 1.54) is 23.7 Å². The van der Waals surface area contributed by atoms with Crippen LogP contribution >= 0.6 is 23.2 Å². The minimum atomic E-state index is -4.47. The maximum Gasteiger partial charge on any atom is 0.390 e. The molecule has 0 saturated carbocycles. The Hall–Kier alpha value is -3.18. The zero-order chi connectivity index (χ0) is 25.3. The summed E-state index contributed by atoms with van der Waals surface area (Å²) >= 11 is 11.9. The van der Waals surface area contributed by atoms with Crippen LogP contribution in [0, 0.1) is 0 Å². The summed E-state index contributed by atoms with van der Waals surface area (Å²) < 4.78 is 56.1. The molecule has 0 aliphatic rings. The SMILES string of the molecule is CC(F)c1nc(Cn2nc(-c3ccc(Cl)cc3)n(CCC(F)(F)F)c2=O)nn1-c1cccc(Cl)c1. The number of hydrogen-bond acceptors (Lipinski definition) is 4. The molecule has 4 rings (SSSR count). The van der Waals surface area contributed by atoms with E-state index in [2.05, 4.69) is 15.2 Å². The Balaban J connectivity index is 1.74. The molecular formula is C22H18Cl2F4N6O. The quantitative estimate of drug-likeness (QED) is 0.291. The van der Waals surface area contributed by atoms with E-state index in [4.69, 9.17) is 23.2 Å². The predicted molar refractivity (Wildman–Crippen MR) is 123 cm³/mol. The summed E-state index contributed by atoms with van der Waals surface area (Å²) in [4.78, 5) is 17.2.